The molecular formula is C21H20N4O3S. The van der Waals surface area contributed by atoms with Gasteiger partial charge >= 0.3 is 0 Å². The number of ether oxygens (including phenoxy) is 1. The summed E-state index contributed by atoms with van der Waals surface area (Å²) in [5.41, 5.74) is 3.48. The fourth-order valence-electron chi connectivity index (χ4n) is 3.17. The molecule has 7 nitrogen and oxygen atoms in total. The normalized spacial score (nSPS) is 11.0. The van der Waals surface area contributed by atoms with Gasteiger partial charge in [-0.05, 0) is 48.4 Å². The van der Waals surface area contributed by atoms with Gasteiger partial charge in [0.1, 0.15) is 5.75 Å². The molecule has 0 atom stereocenters. The fraction of sp³-hybridized carbons (Fsp3) is 0.190. The first-order valence-electron chi connectivity index (χ1n) is 9.14. The number of hydrogen-bond donors (Lipinski definition) is 3. The molecule has 0 aliphatic rings. The van der Waals surface area contributed by atoms with E-state index in [1.54, 1.807) is 25.3 Å². The molecule has 0 bridgehead atoms. The summed E-state index contributed by atoms with van der Waals surface area (Å²) < 4.78 is 6.15. The molecule has 0 unspecified atom stereocenters. The maximum absolute atomic E-state index is 12.5. The van der Waals surface area contributed by atoms with Crippen LogP contribution in [0.15, 0.2) is 42.6 Å². The fourth-order valence-corrected chi connectivity index (χ4v) is 4.13. The summed E-state index contributed by atoms with van der Waals surface area (Å²) in [6.07, 6.45) is 2.66. The molecule has 2 aromatic carbocycles. The first-order valence-corrected chi connectivity index (χ1v) is 9.95. The predicted molar refractivity (Wildman–Crippen MR) is 115 cm³/mol. The Labute approximate surface area is 171 Å². The van der Waals surface area contributed by atoms with Crippen molar-refractivity contribution in [1.29, 1.82) is 0 Å². The Balaban J connectivity index is 1.42. The molecule has 4 aromatic rings. The van der Waals surface area contributed by atoms with Crippen molar-refractivity contribution in [3.63, 3.8) is 0 Å². The maximum atomic E-state index is 12.5. The van der Waals surface area contributed by atoms with Crippen LogP contribution in [-0.2, 0) is 11.2 Å². The molecular weight excluding hydrogens is 388 g/mol. The summed E-state index contributed by atoms with van der Waals surface area (Å²) >= 11 is 1.34. The van der Waals surface area contributed by atoms with Crippen molar-refractivity contribution in [3.8, 4) is 5.75 Å². The molecule has 0 spiro atoms. The van der Waals surface area contributed by atoms with Gasteiger partial charge in [0.05, 0.1) is 17.3 Å². The Bertz CT molecular complexity index is 1210. The lowest BCUT2D eigenvalue weighted by Gasteiger charge is -2.05. The zero-order chi connectivity index (χ0) is 20.4. The van der Waals surface area contributed by atoms with Gasteiger partial charge in [-0.15, -0.1) is 0 Å². The zero-order valence-corrected chi connectivity index (χ0v) is 16.9. The number of H-pyrrole nitrogens is 1. The van der Waals surface area contributed by atoms with Crippen molar-refractivity contribution in [2.75, 3.05) is 19.0 Å². The predicted octanol–water partition coefficient (Wildman–Crippen LogP) is 3.72. The van der Waals surface area contributed by atoms with Gasteiger partial charge in [-0.1, -0.05) is 11.3 Å². The molecule has 148 valence electrons. The van der Waals surface area contributed by atoms with Gasteiger partial charge in [0.25, 0.3) is 5.91 Å². The smallest absolute Gasteiger partial charge is 0.251 e. The second-order valence-electron chi connectivity index (χ2n) is 6.61. The minimum Gasteiger partial charge on any atom is -0.497 e. The standard InChI is InChI=1S/C21H20N4O3S/c1-12(26)24-21-25-18-5-3-13(9-19(18)29-21)20(27)22-8-7-14-11-23-17-6-4-15(28-2)10-16(14)17/h3-6,9-11,23H,7-8H2,1-2H3,(H,22,27)(H,24,25,26). The minimum atomic E-state index is -0.170. The summed E-state index contributed by atoms with van der Waals surface area (Å²) in [6, 6.07) is 11.2. The number of anilines is 1. The van der Waals surface area contributed by atoms with Crippen molar-refractivity contribution < 1.29 is 14.3 Å². The van der Waals surface area contributed by atoms with Crippen molar-refractivity contribution in [2.45, 2.75) is 13.3 Å². The van der Waals surface area contributed by atoms with Crippen LogP contribution in [0.4, 0.5) is 5.13 Å². The van der Waals surface area contributed by atoms with Crippen LogP contribution in [0.5, 0.6) is 5.75 Å². The summed E-state index contributed by atoms with van der Waals surface area (Å²) in [6.45, 7) is 1.95. The van der Waals surface area contributed by atoms with Gasteiger partial charge in [-0.25, -0.2) is 4.98 Å². The van der Waals surface area contributed by atoms with Crippen molar-refractivity contribution in [1.82, 2.24) is 15.3 Å². The molecule has 3 N–H and O–H groups in total. The molecule has 4 rings (SSSR count). The summed E-state index contributed by atoms with van der Waals surface area (Å²) in [5.74, 6) is 0.495. The number of nitrogens with zero attached hydrogens (tertiary/aromatic N) is 1. The van der Waals surface area contributed by atoms with Gasteiger partial charge in [0, 0.05) is 36.1 Å². The van der Waals surface area contributed by atoms with E-state index < -0.39 is 0 Å². The largest absolute Gasteiger partial charge is 0.497 e. The average Bonchev–Trinajstić information content (AvgIpc) is 3.29. The highest BCUT2D eigenvalue weighted by atomic mass is 32.1. The molecule has 0 aliphatic carbocycles. The number of rotatable bonds is 6. The Morgan fingerprint density at radius 1 is 1.21 bits per heavy atom. The van der Waals surface area contributed by atoms with Crippen LogP contribution in [0, 0.1) is 0 Å². The molecule has 29 heavy (non-hydrogen) atoms. The third-order valence-electron chi connectivity index (χ3n) is 4.59. The van der Waals surface area contributed by atoms with Crippen LogP contribution in [0.3, 0.4) is 0 Å². The molecule has 0 saturated heterocycles. The first kappa shape index (κ1) is 18.9. The molecule has 2 aromatic heterocycles. The Morgan fingerprint density at radius 2 is 2.07 bits per heavy atom. The number of thiazole rings is 1. The third-order valence-corrected chi connectivity index (χ3v) is 5.52. The Kier molecular flexibility index (Phi) is 5.18. The molecule has 0 fully saturated rings. The van der Waals surface area contributed by atoms with Gasteiger partial charge in [-0.3, -0.25) is 9.59 Å². The average molecular weight is 408 g/mol. The van der Waals surface area contributed by atoms with E-state index in [1.165, 1.54) is 18.3 Å². The lowest BCUT2D eigenvalue weighted by molar-refractivity contribution is -0.114. The monoisotopic (exact) mass is 408 g/mol. The van der Waals surface area contributed by atoms with Gasteiger partial charge in [-0.2, -0.15) is 0 Å². The van der Waals surface area contributed by atoms with E-state index in [-0.39, 0.29) is 11.8 Å². The highest BCUT2D eigenvalue weighted by Gasteiger charge is 2.11. The molecule has 0 radical (unpaired) electrons. The van der Waals surface area contributed by atoms with Crippen LogP contribution in [-0.4, -0.2) is 35.4 Å². The van der Waals surface area contributed by atoms with Crippen LogP contribution in [0.25, 0.3) is 21.1 Å². The summed E-state index contributed by atoms with van der Waals surface area (Å²) in [5, 5.41) is 7.26. The van der Waals surface area contributed by atoms with Gasteiger partial charge in [0.15, 0.2) is 5.13 Å². The van der Waals surface area contributed by atoms with Crippen molar-refractivity contribution in [2.24, 2.45) is 0 Å². The molecule has 2 amide bonds. The third kappa shape index (κ3) is 4.07. The van der Waals surface area contributed by atoms with E-state index in [0.717, 1.165) is 32.4 Å². The highest BCUT2D eigenvalue weighted by Crippen LogP contribution is 2.27. The van der Waals surface area contributed by atoms with Crippen molar-refractivity contribution >= 4 is 49.4 Å². The Morgan fingerprint density at radius 3 is 2.86 bits per heavy atom. The van der Waals surface area contributed by atoms with Gasteiger partial charge < -0.3 is 20.4 Å². The second-order valence-corrected chi connectivity index (χ2v) is 7.64. The number of aromatic amines is 1. The summed E-state index contributed by atoms with van der Waals surface area (Å²) in [7, 11) is 1.65. The number of nitrogens with one attached hydrogen (secondary N) is 3. The number of carbonyl (C=O) groups excluding carboxylic acids is 2. The highest BCUT2D eigenvalue weighted by molar-refractivity contribution is 7.22. The summed E-state index contributed by atoms with van der Waals surface area (Å²) in [4.78, 5) is 31.3. The van der Waals surface area contributed by atoms with Crippen LogP contribution in [0.2, 0.25) is 0 Å². The lowest BCUT2D eigenvalue weighted by Crippen LogP contribution is -2.25. The molecule has 0 aliphatic heterocycles. The number of benzene rings is 2. The number of amides is 2. The number of aromatic nitrogens is 2. The van der Waals surface area contributed by atoms with E-state index in [0.29, 0.717) is 23.7 Å². The molecule has 0 saturated carbocycles. The van der Waals surface area contributed by atoms with E-state index in [2.05, 4.69) is 20.6 Å². The van der Waals surface area contributed by atoms with Crippen LogP contribution < -0.4 is 15.4 Å². The number of fused-ring (bicyclic) bond motifs is 2. The first-order chi connectivity index (χ1) is 14.0. The number of methoxy groups -OCH3 is 1. The zero-order valence-electron chi connectivity index (χ0n) is 16.0. The van der Waals surface area contributed by atoms with E-state index in [9.17, 15) is 9.59 Å². The Hall–Kier alpha value is -3.39. The topological polar surface area (TPSA) is 96.1 Å². The maximum Gasteiger partial charge on any atom is 0.251 e. The van der Waals surface area contributed by atoms with Crippen LogP contribution >= 0.6 is 11.3 Å². The van der Waals surface area contributed by atoms with E-state index in [1.807, 2.05) is 24.4 Å². The van der Waals surface area contributed by atoms with Crippen molar-refractivity contribution in [3.05, 3.63) is 53.7 Å². The van der Waals surface area contributed by atoms with E-state index in [4.69, 9.17) is 4.74 Å². The lowest BCUT2D eigenvalue weighted by atomic mass is 10.1. The second kappa shape index (κ2) is 7.92. The SMILES string of the molecule is COc1ccc2[nH]cc(CCNC(=O)c3ccc4nc(NC(C)=O)sc4c3)c2c1. The van der Waals surface area contributed by atoms with Gasteiger partial charge in [0.2, 0.25) is 5.91 Å². The quantitative estimate of drug-likeness (QED) is 0.453. The molecule has 8 heteroatoms. The van der Waals surface area contributed by atoms with E-state index >= 15 is 0 Å². The number of hydrogen-bond acceptors (Lipinski definition) is 5. The number of carbonyl (C=O) groups is 2. The molecule has 2 heterocycles. The van der Waals surface area contributed by atoms with Crippen LogP contribution in [0.1, 0.15) is 22.8 Å². The minimum absolute atomic E-state index is 0.140.